The normalized spacial score (nSPS) is 16.6. The van der Waals surface area contributed by atoms with Gasteiger partial charge in [-0.1, -0.05) is 29.3 Å². The summed E-state index contributed by atoms with van der Waals surface area (Å²) in [6, 6.07) is 5.20. The largest absolute Gasteiger partial charge is 0.365 e. The second-order valence-corrected chi connectivity index (χ2v) is 9.78. The van der Waals surface area contributed by atoms with E-state index in [-0.39, 0.29) is 17.3 Å². The molecular formula is C23H27Cl2N9O2. The highest BCUT2D eigenvalue weighted by atomic mass is 35.5. The number of piperazine rings is 1. The molecule has 2 aliphatic heterocycles. The molecule has 2 fully saturated rings. The lowest BCUT2D eigenvalue weighted by Gasteiger charge is -2.36. The van der Waals surface area contributed by atoms with Gasteiger partial charge in [0.2, 0.25) is 11.9 Å². The summed E-state index contributed by atoms with van der Waals surface area (Å²) in [5, 5.41) is 8.50. The molecule has 0 aliphatic carbocycles. The number of primary amides is 1. The number of carbonyl (C=O) groups is 2. The van der Waals surface area contributed by atoms with E-state index in [9.17, 15) is 9.59 Å². The van der Waals surface area contributed by atoms with Crippen LogP contribution < -0.4 is 16.0 Å². The number of rotatable bonds is 7. The van der Waals surface area contributed by atoms with Crippen molar-refractivity contribution >= 4 is 52.4 Å². The Bertz CT molecular complexity index is 1280. The molecule has 1 aromatic carbocycles. The van der Waals surface area contributed by atoms with E-state index in [4.69, 9.17) is 33.9 Å². The molecule has 11 nitrogen and oxygen atoms in total. The average Bonchev–Trinajstić information content (AvgIpc) is 3.55. The number of carbonyl (C=O) groups excluding carboxylic acids is 2. The zero-order valence-electron chi connectivity index (χ0n) is 19.7. The first-order chi connectivity index (χ1) is 17.4. The monoisotopic (exact) mass is 531 g/mol. The predicted octanol–water partition coefficient (Wildman–Crippen LogP) is 1.89. The Morgan fingerprint density at radius 1 is 1.06 bits per heavy atom. The first kappa shape index (κ1) is 24.5. The molecule has 190 valence electrons. The molecule has 36 heavy (non-hydrogen) atoms. The highest BCUT2D eigenvalue weighted by molar-refractivity contribution is 6.35. The number of hydrogen-bond donors (Lipinski definition) is 2. The van der Waals surface area contributed by atoms with Gasteiger partial charge in [-0.2, -0.15) is 14.6 Å². The minimum Gasteiger partial charge on any atom is -0.365 e. The Morgan fingerprint density at radius 3 is 2.50 bits per heavy atom. The number of nitrogens with zero attached hydrogens (tertiary/aromatic N) is 7. The Balaban J connectivity index is 1.36. The van der Waals surface area contributed by atoms with Crippen LogP contribution >= 0.6 is 23.2 Å². The third-order valence-electron chi connectivity index (χ3n) is 6.59. The van der Waals surface area contributed by atoms with E-state index in [1.807, 2.05) is 9.80 Å². The Kier molecular flexibility index (Phi) is 7.13. The molecule has 0 unspecified atom stereocenters. The minimum atomic E-state index is -0.672. The van der Waals surface area contributed by atoms with Crippen molar-refractivity contribution in [1.82, 2.24) is 29.4 Å². The summed E-state index contributed by atoms with van der Waals surface area (Å²) in [6.07, 6.45) is 3.67. The van der Waals surface area contributed by atoms with Crippen molar-refractivity contribution < 1.29 is 9.59 Å². The van der Waals surface area contributed by atoms with Gasteiger partial charge in [-0.05, 0) is 43.6 Å². The van der Waals surface area contributed by atoms with Gasteiger partial charge in [0.1, 0.15) is 17.7 Å². The topological polar surface area (TPSA) is 125 Å². The van der Waals surface area contributed by atoms with Gasteiger partial charge in [0.05, 0.1) is 6.54 Å². The molecule has 0 radical (unpaired) electrons. The van der Waals surface area contributed by atoms with Gasteiger partial charge in [-0.3, -0.25) is 14.5 Å². The van der Waals surface area contributed by atoms with Crippen molar-refractivity contribution in [3.63, 3.8) is 0 Å². The summed E-state index contributed by atoms with van der Waals surface area (Å²) in [5.74, 6) is 0.288. The lowest BCUT2D eigenvalue weighted by atomic mass is 10.2. The minimum absolute atomic E-state index is 0.140. The predicted molar refractivity (Wildman–Crippen MR) is 138 cm³/mol. The van der Waals surface area contributed by atoms with Gasteiger partial charge in [-0.25, -0.2) is 4.98 Å². The Morgan fingerprint density at radius 2 is 1.81 bits per heavy atom. The molecule has 2 aliphatic rings. The van der Waals surface area contributed by atoms with Gasteiger partial charge in [0.25, 0.3) is 5.91 Å². The number of hydrogen-bond acceptors (Lipinski definition) is 8. The van der Waals surface area contributed by atoms with Gasteiger partial charge in [-0.15, -0.1) is 0 Å². The maximum atomic E-state index is 12.8. The lowest BCUT2D eigenvalue weighted by molar-refractivity contribution is -0.132. The smallest absolute Gasteiger partial charge is 0.256 e. The van der Waals surface area contributed by atoms with E-state index in [2.05, 4.69) is 20.3 Å². The molecular weight excluding hydrogens is 505 g/mol. The summed E-state index contributed by atoms with van der Waals surface area (Å²) in [5.41, 5.74) is 6.93. The number of nitrogens with two attached hydrogens (primary N) is 1. The van der Waals surface area contributed by atoms with Gasteiger partial charge in [0, 0.05) is 42.8 Å². The molecule has 0 bridgehead atoms. The van der Waals surface area contributed by atoms with Crippen LogP contribution in [0.25, 0.3) is 5.65 Å². The number of likely N-dealkylation sites (tertiary alicyclic amines) is 1. The summed E-state index contributed by atoms with van der Waals surface area (Å²) >= 11 is 12.3. The number of amides is 2. The lowest BCUT2D eigenvalue weighted by Crippen LogP contribution is -2.51. The quantitative estimate of drug-likeness (QED) is 0.473. The molecule has 2 amide bonds. The summed E-state index contributed by atoms with van der Waals surface area (Å²) in [4.78, 5) is 40.3. The number of aromatic nitrogens is 4. The van der Waals surface area contributed by atoms with Crippen LogP contribution in [0.3, 0.4) is 0 Å². The van der Waals surface area contributed by atoms with Crippen LogP contribution in [0.1, 0.15) is 28.8 Å². The van der Waals surface area contributed by atoms with Crippen molar-refractivity contribution in [1.29, 1.82) is 0 Å². The Hall–Kier alpha value is -3.15. The van der Waals surface area contributed by atoms with E-state index in [1.54, 1.807) is 18.2 Å². The van der Waals surface area contributed by atoms with E-state index < -0.39 is 5.91 Å². The van der Waals surface area contributed by atoms with E-state index in [1.165, 1.54) is 10.8 Å². The van der Waals surface area contributed by atoms with Crippen LogP contribution in [0.15, 0.2) is 24.5 Å². The molecule has 13 heteroatoms. The first-order valence-corrected chi connectivity index (χ1v) is 12.6. The fraction of sp³-hybridized carbons (Fsp3) is 0.435. The van der Waals surface area contributed by atoms with Crippen LogP contribution in [0.4, 0.5) is 11.8 Å². The molecule has 3 N–H and O–H groups in total. The first-order valence-electron chi connectivity index (χ1n) is 11.9. The number of anilines is 2. The highest BCUT2D eigenvalue weighted by Gasteiger charge is 2.28. The standard InChI is InChI=1S/C23H27Cl2N9O2/c24-16-4-3-15(17(25)11-16)12-27-21-19(20(26)36)22-28-14-29-34(22)23(30-21)33-9-7-32(8-10-33)18(35)13-31-5-1-2-6-31/h3-4,11,14,27H,1-2,5-10,12-13H2,(H2,26,36). The summed E-state index contributed by atoms with van der Waals surface area (Å²) < 4.78 is 1.52. The molecule has 4 heterocycles. The van der Waals surface area contributed by atoms with Gasteiger partial charge < -0.3 is 20.9 Å². The highest BCUT2D eigenvalue weighted by Crippen LogP contribution is 2.26. The van der Waals surface area contributed by atoms with Crippen LogP contribution in [-0.2, 0) is 11.3 Å². The van der Waals surface area contributed by atoms with Crippen LogP contribution in [0.2, 0.25) is 10.0 Å². The van der Waals surface area contributed by atoms with Crippen molar-refractivity contribution in [3.8, 4) is 0 Å². The fourth-order valence-corrected chi connectivity index (χ4v) is 5.13. The average molecular weight is 532 g/mol. The third kappa shape index (κ3) is 5.04. The number of nitrogens with one attached hydrogen (secondary N) is 1. The second-order valence-electron chi connectivity index (χ2n) is 8.94. The summed E-state index contributed by atoms with van der Waals surface area (Å²) in [6.45, 7) is 5.05. The van der Waals surface area contributed by atoms with E-state index >= 15 is 0 Å². The Labute approximate surface area is 218 Å². The van der Waals surface area contributed by atoms with Gasteiger partial charge >= 0.3 is 0 Å². The van der Waals surface area contributed by atoms with E-state index in [0.29, 0.717) is 60.9 Å². The molecule has 0 spiro atoms. The second kappa shape index (κ2) is 10.5. The number of halogens is 2. The zero-order valence-corrected chi connectivity index (χ0v) is 21.2. The molecule has 3 aromatic rings. The SMILES string of the molecule is NC(=O)c1c(NCc2ccc(Cl)cc2Cl)nc(N2CCN(C(=O)CN3CCCC3)CC2)n2ncnc12. The van der Waals surface area contributed by atoms with Crippen LogP contribution in [0, 0.1) is 0 Å². The van der Waals surface area contributed by atoms with Crippen molar-refractivity contribution in [2.24, 2.45) is 5.73 Å². The van der Waals surface area contributed by atoms with Crippen molar-refractivity contribution in [2.75, 3.05) is 56.0 Å². The molecule has 0 atom stereocenters. The maximum absolute atomic E-state index is 12.8. The zero-order chi connectivity index (χ0) is 25.2. The molecule has 0 saturated carbocycles. The van der Waals surface area contributed by atoms with Crippen LogP contribution in [-0.4, -0.2) is 87.0 Å². The fourth-order valence-electron chi connectivity index (χ4n) is 4.66. The third-order valence-corrected chi connectivity index (χ3v) is 7.18. The molecule has 2 aromatic heterocycles. The van der Waals surface area contributed by atoms with Gasteiger partial charge in [0.15, 0.2) is 5.65 Å². The van der Waals surface area contributed by atoms with Crippen molar-refractivity contribution in [3.05, 3.63) is 45.7 Å². The number of fused-ring (bicyclic) bond motifs is 1. The number of benzene rings is 1. The molecule has 5 rings (SSSR count). The molecule has 2 saturated heterocycles. The summed E-state index contributed by atoms with van der Waals surface area (Å²) in [7, 11) is 0. The van der Waals surface area contributed by atoms with E-state index in [0.717, 1.165) is 31.5 Å². The maximum Gasteiger partial charge on any atom is 0.256 e. The van der Waals surface area contributed by atoms with Crippen LogP contribution in [0.5, 0.6) is 0 Å². The van der Waals surface area contributed by atoms with Crippen molar-refractivity contribution in [2.45, 2.75) is 19.4 Å².